The fourth-order valence-electron chi connectivity index (χ4n) is 2.28. The topological polar surface area (TPSA) is 81.7 Å². The van der Waals surface area contributed by atoms with E-state index < -0.39 is 0 Å². The van der Waals surface area contributed by atoms with Gasteiger partial charge in [0.1, 0.15) is 0 Å². The summed E-state index contributed by atoms with van der Waals surface area (Å²) in [5.41, 5.74) is 7.59. The average Bonchev–Trinajstić information content (AvgIpc) is 3.04. The van der Waals surface area contributed by atoms with Gasteiger partial charge in [0, 0.05) is 25.0 Å². The van der Waals surface area contributed by atoms with Crippen LogP contribution in [0, 0.1) is 0 Å². The smallest absolute Gasteiger partial charge is 0.255 e. The first-order valence-electron chi connectivity index (χ1n) is 6.37. The molecule has 1 fully saturated rings. The third-order valence-corrected chi connectivity index (χ3v) is 3.30. The summed E-state index contributed by atoms with van der Waals surface area (Å²) in [6, 6.07) is 3.49. The Morgan fingerprint density at radius 1 is 1.63 bits per heavy atom. The summed E-state index contributed by atoms with van der Waals surface area (Å²) in [5.74, 6) is -0.142. The Balaban J connectivity index is 1.75. The largest absolute Gasteiger partial charge is 0.399 e. The van der Waals surface area contributed by atoms with Crippen LogP contribution in [-0.2, 0) is 4.74 Å². The summed E-state index contributed by atoms with van der Waals surface area (Å²) in [5, 5.41) is 7.01. The van der Waals surface area contributed by atoms with Crippen molar-refractivity contribution >= 4 is 17.1 Å². The van der Waals surface area contributed by atoms with E-state index in [4.69, 9.17) is 10.5 Å². The van der Waals surface area contributed by atoms with Crippen molar-refractivity contribution in [2.24, 2.45) is 0 Å². The zero-order valence-electron chi connectivity index (χ0n) is 10.5. The maximum atomic E-state index is 12.1. The van der Waals surface area contributed by atoms with E-state index in [2.05, 4.69) is 10.4 Å². The van der Waals surface area contributed by atoms with Crippen LogP contribution in [0.1, 0.15) is 23.2 Å². The molecule has 1 atom stereocenters. The highest BCUT2D eigenvalue weighted by Gasteiger charge is 2.18. The molecule has 0 saturated carbocycles. The quantitative estimate of drug-likeness (QED) is 0.856. The number of rotatable bonds is 3. The molecule has 3 rings (SSSR count). The summed E-state index contributed by atoms with van der Waals surface area (Å²) in [4.78, 5) is 12.1. The molecule has 6 heteroatoms. The summed E-state index contributed by atoms with van der Waals surface area (Å²) in [7, 11) is 0. The van der Waals surface area contributed by atoms with Gasteiger partial charge >= 0.3 is 0 Å². The van der Waals surface area contributed by atoms with Crippen molar-refractivity contribution in [2.75, 3.05) is 18.9 Å². The number of amides is 1. The zero-order valence-corrected chi connectivity index (χ0v) is 10.5. The normalized spacial score (nSPS) is 18.8. The molecule has 0 spiro atoms. The molecule has 6 nitrogen and oxygen atoms in total. The number of nitrogens with two attached hydrogens (primary N) is 1. The number of ether oxygens (including phenoxy) is 1. The number of pyridine rings is 1. The number of carbonyl (C=O) groups excluding carboxylic acids is 1. The summed E-state index contributed by atoms with van der Waals surface area (Å²) in [6.45, 7) is 1.33. The number of aromatic nitrogens is 2. The van der Waals surface area contributed by atoms with Crippen LogP contribution in [0.15, 0.2) is 24.5 Å². The van der Waals surface area contributed by atoms with Gasteiger partial charge in [0.15, 0.2) is 0 Å². The lowest BCUT2D eigenvalue weighted by Gasteiger charge is -2.10. The molecular formula is C13H16N4O2. The first kappa shape index (κ1) is 12.0. The Morgan fingerprint density at radius 2 is 2.53 bits per heavy atom. The molecule has 0 radical (unpaired) electrons. The highest BCUT2D eigenvalue weighted by molar-refractivity contribution is 6.00. The van der Waals surface area contributed by atoms with E-state index in [1.54, 1.807) is 29.0 Å². The molecule has 2 aromatic heterocycles. The van der Waals surface area contributed by atoms with Crippen molar-refractivity contribution in [3.05, 3.63) is 30.1 Å². The number of anilines is 1. The minimum atomic E-state index is -0.142. The van der Waals surface area contributed by atoms with Crippen molar-refractivity contribution in [3.63, 3.8) is 0 Å². The summed E-state index contributed by atoms with van der Waals surface area (Å²) in [6.07, 6.45) is 5.49. The second kappa shape index (κ2) is 4.89. The molecule has 100 valence electrons. The lowest BCUT2D eigenvalue weighted by atomic mass is 10.2. The maximum Gasteiger partial charge on any atom is 0.255 e. The van der Waals surface area contributed by atoms with Gasteiger partial charge in [-0.1, -0.05) is 0 Å². The number of nitrogen functional groups attached to an aromatic ring is 1. The molecule has 3 N–H and O–H groups in total. The minimum Gasteiger partial charge on any atom is -0.399 e. The molecule has 0 aromatic carbocycles. The van der Waals surface area contributed by atoms with Crippen LogP contribution in [-0.4, -0.2) is 34.8 Å². The van der Waals surface area contributed by atoms with Crippen LogP contribution in [0.25, 0.3) is 5.52 Å². The summed E-state index contributed by atoms with van der Waals surface area (Å²) < 4.78 is 7.11. The van der Waals surface area contributed by atoms with Gasteiger partial charge in [-0.25, -0.2) is 4.52 Å². The lowest BCUT2D eigenvalue weighted by Crippen LogP contribution is -2.31. The molecule has 1 unspecified atom stereocenters. The first-order chi connectivity index (χ1) is 9.24. The second-order valence-corrected chi connectivity index (χ2v) is 4.69. The fraction of sp³-hybridized carbons (Fsp3) is 0.385. The molecule has 19 heavy (non-hydrogen) atoms. The molecule has 0 bridgehead atoms. The van der Waals surface area contributed by atoms with Crippen molar-refractivity contribution in [2.45, 2.75) is 18.9 Å². The number of nitrogens with zero attached hydrogens (tertiary/aromatic N) is 2. The van der Waals surface area contributed by atoms with Crippen LogP contribution < -0.4 is 11.1 Å². The van der Waals surface area contributed by atoms with Gasteiger partial charge < -0.3 is 15.8 Å². The van der Waals surface area contributed by atoms with E-state index in [0.29, 0.717) is 23.3 Å². The van der Waals surface area contributed by atoms with E-state index in [9.17, 15) is 4.79 Å². The van der Waals surface area contributed by atoms with E-state index >= 15 is 0 Å². The molecule has 1 aliphatic heterocycles. The Kier molecular flexibility index (Phi) is 3.08. The van der Waals surface area contributed by atoms with Gasteiger partial charge in [-0.3, -0.25) is 4.79 Å². The van der Waals surface area contributed by atoms with Gasteiger partial charge in [0.2, 0.25) is 0 Å². The van der Waals surface area contributed by atoms with Gasteiger partial charge in [-0.15, -0.1) is 0 Å². The Bertz CT molecular complexity index is 602. The van der Waals surface area contributed by atoms with Crippen LogP contribution in [0.3, 0.4) is 0 Å². The van der Waals surface area contributed by atoms with E-state index in [1.807, 2.05) is 0 Å². The monoisotopic (exact) mass is 260 g/mol. The van der Waals surface area contributed by atoms with E-state index in [0.717, 1.165) is 19.4 Å². The molecule has 2 aromatic rings. The van der Waals surface area contributed by atoms with Gasteiger partial charge in [0.25, 0.3) is 5.91 Å². The highest BCUT2D eigenvalue weighted by Crippen LogP contribution is 2.15. The Hall–Kier alpha value is -2.08. The highest BCUT2D eigenvalue weighted by atomic mass is 16.5. The maximum absolute atomic E-state index is 12.1. The van der Waals surface area contributed by atoms with Crippen LogP contribution in [0.2, 0.25) is 0 Å². The molecule has 1 aliphatic rings. The number of hydrogen-bond donors (Lipinski definition) is 2. The third-order valence-electron chi connectivity index (χ3n) is 3.30. The Labute approximate surface area is 110 Å². The van der Waals surface area contributed by atoms with Crippen LogP contribution in [0.4, 0.5) is 5.69 Å². The standard InChI is InChI=1S/C13H16N4O2/c14-9-3-4-17-12(6-9)11(8-16-17)13(18)15-7-10-2-1-5-19-10/h3-4,6,8,10H,1-2,5,7,14H2,(H,15,18). The first-order valence-corrected chi connectivity index (χ1v) is 6.37. The Morgan fingerprint density at radius 3 is 3.32 bits per heavy atom. The number of carbonyl (C=O) groups is 1. The van der Waals surface area contributed by atoms with Crippen molar-refractivity contribution in [3.8, 4) is 0 Å². The van der Waals surface area contributed by atoms with Gasteiger partial charge in [0.05, 0.1) is 23.4 Å². The lowest BCUT2D eigenvalue weighted by molar-refractivity contribution is 0.0859. The molecule has 0 aliphatic carbocycles. The predicted molar refractivity (Wildman–Crippen MR) is 70.9 cm³/mol. The molecule has 1 saturated heterocycles. The van der Waals surface area contributed by atoms with Crippen LogP contribution >= 0.6 is 0 Å². The SMILES string of the molecule is Nc1ccn2ncc(C(=O)NCC3CCCO3)c2c1. The third kappa shape index (κ3) is 2.39. The van der Waals surface area contributed by atoms with Crippen molar-refractivity contribution in [1.29, 1.82) is 0 Å². The average molecular weight is 260 g/mol. The number of hydrogen-bond acceptors (Lipinski definition) is 4. The molecular weight excluding hydrogens is 244 g/mol. The van der Waals surface area contributed by atoms with Crippen molar-refractivity contribution < 1.29 is 9.53 Å². The second-order valence-electron chi connectivity index (χ2n) is 4.69. The van der Waals surface area contributed by atoms with Crippen LogP contribution in [0.5, 0.6) is 0 Å². The predicted octanol–water partition coefficient (Wildman–Crippen LogP) is 0.825. The van der Waals surface area contributed by atoms with Gasteiger partial charge in [-0.05, 0) is 25.0 Å². The fourth-order valence-corrected chi connectivity index (χ4v) is 2.28. The molecule has 3 heterocycles. The summed E-state index contributed by atoms with van der Waals surface area (Å²) >= 11 is 0. The van der Waals surface area contributed by atoms with E-state index in [-0.39, 0.29) is 12.0 Å². The van der Waals surface area contributed by atoms with E-state index in [1.165, 1.54) is 0 Å². The van der Waals surface area contributed by atoms with Crippen molar-refractivity contribution in [1.82, 2.24) is 14.9 Å². The zero-order chi connectivity index (χ0) is 13.2. The number of nitrogens with one attached hydrogen (secondary N) is 1. The molecule has 1 amide bonds. The number of fused-ring (bicyclic) bond motifs is 1. The van der Waals surface area contributed by atoms with Gasteiger partial charge in [-0.2, -0.15) is 5.10 Å². The minimum absolute atomic E-state index is 0.135.